The average Bonchev–Trinajstić information content (AvgIpc) is 1.80. The molecule has 1 aromatic carbocycles. The van der Waals surface area contributed by atoms with Gasteiger partial charge in [-0.15, -0.1) is 0 Å². The summed E-state index contributed by atoms with van der Waals surface area (Å²) in [7, 11) is 0. The molecule has 0 aliphatic carbocycles. The van der Waals surface area contributed by atoms with E-state index in [9.17, 15) is 0 Å². The summed E-state index contributed by atoms with van der Waals surface area (Å²) in [5, 5.41) is 9.66. The molecule has 0 heterocycles. The molecule has 10 heavy (non-hydrogen) atoms. The van der Waals surface area contributed by atoms with Crippen LogP contribution >= 0.6 is 23.2 Å². The minimum absolute atomic E-state index is 0. The van der Waals surface area contributed by atoms with E-state index in [1.165, 1.54) is 12.1 Å². The van der Waals surface area contributed by atoms with Crippen molar-refractivity contribution in [2.24, 2.45) is 0 Å². The number of hydrogen-bond acceptors (Lipinski definition) is 1. The maximum absolute atomic E-state index is 8.85. The molecule has 0 amide bonds. The SMILES string of the molecule is Oc1ccc(Cl)cc1Cl.[H-].[Na+]. The van der Waals surface area contributed by atoms with Crippen LogP contribution in [0, 0.1) is 0 Å². The quantitative estimate of drug-likeness (QED) is 0.558. The van der Waals surface area contributed by atoms with Gasteiger partial charge >= 0.3 is 29.6 Å². The Morgan fingerprint density at radius 2 is 1.90 bits per heavy atom. The molecule has 0 atom stereocenters. The fourth-order valence-electron chi connectivity index (χ4n) is 0.481. The molecule has 0 spiro atoms. The fourth-order valence-corrected chi connectivity index (χ4v) is 0.890. The molecule has 50 valence electrons. The number of phenolic OH excluding ortho intramolecular Hbond substituents is 1. The molecular formula is C6H5Cl2NaO. The second-order valence-corrected chi connectivity index (χ2v) is 2.44. The zero-order valence-electron chi connectivity index (χ0n) is 6.44. The summed E-state index contributed by atoms with van der Waals surface area (Å²) in [4.78, 5) is 0. The molecule has 1 nitrogen and oxygen atoms in total. The monoisotopic (exact) mass is 186 g/mol. The molecule has 0 bridgehead atoms. The first kappa shape index (κ1) is 10.6. The summed E-state index contributed by atoms with van der Waals surface area (Å²) >= 11 is 11.0. The van der Waals surface area contributed by atoms with Crippen molar-refractivity contribution < 1.29 is 36.1 Å². The van der Waals surface area contributed by atoms with Crippen LogP contribution in [0.25, 0.3) is 0 Å². The maximum Gasteiger partial charge on any atom is 1.00 e. The van der Waals surface area contributed by atoms with Gasteiger partial charge in [-0.3, -0.25) is 0 Å². The standard InChI is InChI=1S/C6H4Cl2O.Na.H/c7-4-1-2-6(9)5(8)3-4;;/h1-3,9H;;/q;+1;-1. The van der Waals surface area contributed by atoms with Crippen molar-refractivity contribution >= 4 is 23.2 Å². The Morgan fingerprint density at radius 3 is 2.30 bits per heavy atom. The minimum Gasteiger partial charge on any atom is -1.00 e. The van der Waals surface area contributed by atoms with Gasteiger partial charge in [0.05, 0.1) is 5.02 Å². The first-order valence-corrected chi connectivity index (χ1v) is 3.10. The van der Waals surface area contributed by atoms with E-state index in [-0.39, 0.29) is 41.8 Å². The number of aromatic hydroxyl groups is 1. The third-order valence-corrected chi connectivity index (χ3v) is 1.45. The molecule has 1 aromatic rings. The van der Waals surface area contributed by atoms with Gasteiger partial charge < -0.3 is 6.53 Å². The first-order valence-electron chi connectivity index (χ1n) is 2.34. The van der Waals surface area contributed by atoms with Crippen LogP contribution in [0.3, 0.4) is 0 Å². The van der Waals surface area contributed by atoms with Crippen LogP contribution in [-0.4, -0.2) is 5.11 Å². The van der Waals surface area contributed by atoms with Gasteiger partial charge in [-0.1, -0.05) is 23.2 Å². The van der Waals surface area contributed by atoms with Crippen molar-refractivity contribution in [3.8, 4) is 5.75 Å². The van der Waals surface area contributed by atoms with Gasteiger partial charge in [0.2, 0.25) is 0 Å². The summed E-state index contributed by atoms with van der Waals surface area (Å²) in [6, 6.07) is 4.51. The molecule has 0 aliphatic rings. The van der Waals surface area contributed by atoms with Crippen LogP contribution in [0.5, 0.6) is 5.75 Å². The van der Waals surface area contributed by atoms with Crippen LogP contribution in [-0.2, 0) is 0 Å². The molecule has 0 aliphatic heterocycles. The minimum atomic E-state index is 0. The maximum atomic E-state index is 8.85. The van der Waals surface area contributed by atoms with Crippen molar-refractivity contribution in [3.05, 3.63) is 28.2 Å². The van der Waals surface area contributed by atoms with Gasteiger partial charge in [-0.25, -0.2) is 0 Å². The Kier molecular flexibility index (Phi) is 4.74. The second-order valence-electron chi connectivity index (χ2n) is 1.60. The van der Waals surface area contributed by atoms with Crippen LogP contribution < -0.4 is 29.6 Å². The van der Waals surface area contributed by atoms with E-state index < -0.39 is 0 Å². The smallest absolute Gasteiger partial charge is 1.00 e. The Morgan fingerprint density at radius 1 is 1.30 bits per heavy atom. The van der Waals surface area contributed by atoms with Crippen molar-refractivity contribution in [3.63, 3.8) is 0 Å². The van der Waals surface area contributed by atoms with E-state index in [4.69, 9.17) is 28.3 Å². The van der Waals surface area contributed by atoms with Crippen molar-refractivity contribution in [2.45, 2.75) is 0 Å². The summed E-state index contributed by atoms with van der Waals surface area (Å²) in [5.74, 6) is 0.0565. The van der Waals surface area contributed by atoms with E-state index in [2.05, 4.69) is 0 Å². The topological polar surface area (TPSA) is 20.2 Å². The summed E-state index contributed by atoms with van der Waals surface area (Å²) in [6.45, 7) is 0. The Balaban J connectivity index is 0. The Bertz CT molecular complexity index is 232. The summed E-state index contributed by atoms with van der Waals surface area (Å²) in [5.41, 5.74) is 0. The molecule has 0 saturated carbocycles. The van der Waals surface area contributed by atoms with Crippen LogP contribution in [0.4, 0.5) is 0 Å². The largest absolute Gasteiger partial charge is 1.00 e. The van der Waals surface area contributed by atoms with Crippen LogP contribution in [0.2, 0.25) is 10.0 Å². The number of rotatable bonds is 0. The molecule has 0 unspecified atom stereocenters. The van der Waals surface area contributed by atoms with E-state index in [0.29, 0.717) is 5.02 Å². The molecule has 0 saturated heterocycles. The number of benzene rings is 1. The van der Waals surface area contributed by atoms with Gasteiger partial charge in [0, 0.05) is 5.02 Å². The normalized spacial score (nSPS) is 8.60. The predicted molar refractivity (Wildman–Crippen MR) is 39.2 cm³/mol. The van der Waals surface area contributed by atoms with Crippen LogP contribution in [0.15, 0.2) is 18.2 Å². The predicted octanol–water partition coefficient (Wildman–Crippen LogP) is -0.185. The zero-order chi connectivity index (χ0) is 6.85. The summed E-state index contributed by atoms with van der Waals surface area (Å²) < 4.78 is 0. The molecule has 0 aromatic heterocycles. The molecular weight excluding hydrogens is 182 g/mol. The Hall–Kier alpha value is 0.600. The molecule has 1 rings (SSSR count). The number of phenols is 1. The Labute approximate surface area is 92.7 Å². The third-order valence-electron chi connectivity index (χ3n) is 0.910. The van der Waals surface area contributed by atoms with Gasteiger partial charge in [-0.2, -0.15) is 0 Å². The number of hydrogen-bond donors (Lipinski definition) is 1. The first-order chi connectivity index (χ1) is 4.20. The van der Waals surface area contributed by atoms with Crippen molar-refractivity contribution in [1.82, 2.24) is 0 Å². The van der Waals surface area contributed by atoms with E-state index in [1.807, 2.05) is 0 Å². The fraction of sp³-hybridized carbons (Fsp3) is 0. The van der Waals surface area contributed by atoms with E-state index >= 15 is 0 Å². The zero-order valence-corrected chi connectivity index (χ0v) is 8.95. The van der Waals surface area contributed by atoms with Crippen molar-refractivity contribution in [1.29, 1.82) is 0 Å². The van der Waals surface area contributed by atoms with Crippen LogP contribution in [0.1, 0.15) is 1.43 Å². The number of halogens is 2. The van der Waals surface area contributed by atoms with Gasteiger partial charge in [0.15, 0.2) is 0 Å². The average molecular weight is 187 g/mol. The van der Waals surface area contributed by atoms with Crippen molar-refractivity contribution in [2.75, 3.05) is 0 Å². The van der Waals surface area contributed by atoms with Gasteiger partial charge in [0.1, 0.15) is 5.75 Å². The molecule has 4 heteroatoms. The van der Waals surface area contributed by atoms with E-state index in [0.717, 1.165) is 0 Å². The van der Waals surface area contributed by atoms with Gasteiger partial charge in [-0.05, 0) is 18.2 Å². The van der Waals surface area contributed by atoms with E-state index in [1.54, 1.807) is 6.07 Å². The molecule has 1 N–H and O–H groups in total. The summed E-state index contributed by atoms with van der Waals surface area (Å²) in [6.07, 6.45) is 0. The molecule has 0 fully saturated rings. The molecule has 0 radical (unpaired) electrons. The van der Waals surface area contributed by atoms with Gasteiger partial charge in [0.25, 0.3) is 0 Å². The third kappa shape index (κ3) is 2.69. The second kappa shape index (κ2) is 4.47.